The summed E-state index contributed by atoms with van der Waals surface area (Å²) in [5.74, 6) is -1.22. The van der Waals surface area contributed by atoms with Gasteiger partial charge in [0.25, 0.3) is 0 Å². The lowest BCUT2D eigenvalue weighted by Gasteiger charge is -2.07. The number of carbonyl (C=O) groups excluding carboxylic acids is 3. The van der Waals surface area contributed by atoms with Crippen molar-refractivity contribution < 1.29 is 33.3 Å². The van der Waals surface area contributed by atoms with E-state index >= 15 is 0 Å². The summed E-state index contributed by atoms with van der Waals surface area (Å²) < 4.78 is 20.0. The van der Waals surface area contributed by atoms with Gasteiger partial charge in [-0.15, -0.1) is 0 Å². The molecular weight excluding hydrogens is 292 g/mol. The third kappa shape index (κ3) is 3.90. The Hall–Kier alpha value is -2.25. The van der Waals surface area contributed by atoms with Gasteiger partial charge in [-0.05, 0) is 18.2 Å². The molecule has 2 heterocycles. The van der Waals surface area contributed by atoms with Crippen LogP contribution in [0.25, 0.3) is 0 Å². The first-order valence-electron chi connectivity index (χ1n) is 6.83. The zero-order valence-corrected chi connectivity index (χ0v) is 11.7. The van der Waals surface area contributed by atoms with Gasteiger partial charge in [0.2, 0.25) is 0 Å². The van der Waals surface area contributed by atoms with E-state index in [1.165, 1.54) is 18.2 Å². The molecular formula is C15H14O7. The number of carbonyl (C=O) groups is 3. The molecule has 22 heavy (non-hydrogen) atoms. The van der Waals surface area contributed by atoms with Crippen LogP contribution in [0, 0.1) is 0 Å². The number of hydrogen-bond donors (Lipinski definition) is 0. The number of ether oxygens (including phenoxy) is 4. The van der Waals surface area contributed by atoms with E-state index in [1.54, 1.807) is 0 Å². The number of benzene rings is 1. The highest BCUT2D eigenvalue weighted by Gasteiger charge is 2.26. The van der Waals surface area contributed by atoms with Crippen molar-refractivity contribution in [2.45, 2.75) is 12.2 Å². The van der Waals surface area contributed by atoms with Crippen molar-refractivity contribution in [3.8, 4) is 0 Å². The Balaban J connectivity index is 1.70. The highest BCUT2D eigenvalue weighted by molar-refractivity contribution is 5.97. The normalized spacial score (nSPS) is 21.8. The lowest BCUT2D eigenvalue weighted by atomic mass is 10.1. The van der Waals surface area contributed by atoms with Crippen molar-refractivity contribution in [2.24, 2.45) is 0 Å². The Kier molecular flexibility index (Phi) is 4.17. The maximum Gasteiger partial charge on any atom is 0.338 e. The fraction of sp³-hybridized carbons (Fsp3) is 0.400. The summed E-state index contributed by atoms with van der Waals surface area (Å²) in [5, 5.41) is 0. The van der Waals surface area contributed by atoms with Gasteiger partial charge < -0.3 is 18.9 Å². The second-order valence-electron chi connectivity index (χ2n) is 5.07. The van der Waals surface area contributed by atoms with E-state index in [1.807, 2.05) is 0 Å². The average Bonchev–Trinajstić information content (AvgIpc) is 3.43. The number of esters is 2. The quantitative estimate of drug-likeness (QED) is 0.414. The lowest BCUT2D eigenvalue weighted by molar-refractivity contribution is 0.0474. The highest BCUT2D eigenvalue weighted by Crippen LogP contribution is 2.15. The Morgan fingerprint density at radius 1 is 1.00 bits per heavy atom. The number of hydrogen-bond acceptors (Lipinski definition) is 7. The maximum atomic E-state index is 11.9. The molecule has 2 fully saturated rings. The average molecular weight is 306 g/mol. The molecule has 2 aliphatic heterocycles. The van der Waals surface area contributed by atoms with E-state index in [-0.39, 0.29) is 42.1 Å². The summed E-state index contributed by atoms with van der Waals surface area (Å²) in [5.41, 5.74) is 0.450. The van der Waals surface area contributed by atoms with E-state index in [0.717, 1.165) is 0 Å². The van der Waals surface area contributed by atoms with Gasteiger partial charge in [0.15, 0.2) is 0 Å². The molecule has 1 unspecified atom stereocenters. The summed E-state index contributed by atoms with van der Waals surface area (Å²) in [7, 11) is 0. The van der Waals surface area contributed by atoms with Crippen LogP contribution >= 0.6 is 0 Å². The van der Waals surface area contributed by atoms with Crippen LogP contribution in [0.2, 0.25) is 0 Å². The van der Waals surface area contributed by atoms with Crippen LogP contribution in [-0.4, -0.2) is 56.9 Å². The fourth-order valence-corrected chi connectivity index (χ4v) is 1.79. The predicted molar refractivity (Wildman–Crippen MR) is 71.9 cm³/mol. The predicted octanol–water partition coefficient (Wildman–Crippen LogP) is 0.610. The van der Waals surface area contributed by atoms with E-state index in [4.69, 9.17) is 18.9 Å². The first kappa shape index (κ1) is 14.7. The molecule has 7 nitrogen and oxygen atoms in total. The molecule has 7 heteroatoms. The van der Waals surface area contributed by atoms with E-state index < -0.39 is 11.9 Å². The van der Waals surface area contributed by atoms with Crippen molar-refractivity contribution in [3.63, 3.8) is 0 Å². The SMILES string of the molecule is O=Cc1cc(C(=O)OCC2CO2)cc(C(=O)OC[C@H]2CO2)c1. The minimum Gasteiger partial charge on any atom is -0.459 e. The zero-order chi connectivity index (χ0) is 15.5. The molecule has 0 amide bonds. The Morgan fingerprint density at radius 3 is 1.82 bits per heavy atom. The number of rotatable bonds is 7. The summed E-state index contributed by atoms with van der Waals surface area (Å²) in [4.78, 5) is 34.8. The molecule has 0 radical (unpaired) electrons. The lowest BCUT2D eigenvalue weighted by Crippen LogP contribution is -2.14. The maximum absolute atomic E-state index is 11.9. The smallest absolute Gasteiger partial charge is 0.338 e. The molecule has 0 aromatic heterocycles. The molecule has 3 rings (SSSR count). The van der Waals surface area contributed by atoms with Gasteiger partial charge in [-0.1, -0.05) is 0 Å². The van der Waals surface area contributed by atoms with Gasteiger partial charge in [0.05, 0.1) is 24.3 Å². The largest absolute Gasteiger partial charge is 0.459 e. The molecule has 1 aromatic rings. The van der Waals surface area contributed by atoms with Gasteiger partial charge >= 0.3 is 11.9 Å². The van der Waals surface area contributed by atoms with E-state index in [9.17, 15) is 14.4 Å². The van der Waals surface area contributed by atoms with Crippen molar-refractivity contribution in [3.05, 3.63) is 34.9 Å². The third-order valence-corrected chi connectivity index (χ3v) is 3.17. The summed E-state index contributed by atoms with van der Waals surface area (Å²) in [6, 6.07) is 4.08. The monoisotopic (exact) mass is 306 g/mol. The van der Waals surface area contributed by atoms with Crippen LogP contribution in [-0.2, 0) is 18.9 Å². The summed E-state index contributed by atoms with van der Waals surface area (Å²) in [6.07, 6.45) is 0.448. The van der Waals surface area contributed by atoms with Crippen LogP contribution in [0.3, 0.4) is 0 Å². The van der Waals surface area contributed by atoms with Crippen molar-refractivity contribution >= 4 is 18.2 Å². The van der Waals surface area contributed by atoms with Gasteiger partial charge in [-0.2, -0.15) is 0 Å². The summed E-state index contributed by atoms with van der Waals surface area (Å²) >= 11 is 0. The summed E-state index contributed by atoms with van der Waals surface area (Å²) in [6.45, 7) is 1.46. The van der Waals surface area contributed by atoms with Crippen molar-refractivity contribution in [1.29, 1.82) is 0 Å². The first-order valence-corrected chi connectivity index (χ1v) is 6.83. The van der Waals surface area contributed by atoms with Gasteiger partial charge in [0, 0.05) is 5.56 Å². The van der Waals surface area contributed by atoms with Crippen LogP contribution in [0.4, 0.5) is 0 Å². The fourth-order valence-electron chi connectivity index (χ4n) is 1.79. The van der Waals surface area contributed by atoms with Crippen LogP contribution < -0.4 is 0 Å². The standard InChI is InChI=1S/C15H14O7/c16-4-9-1-10(14(17)21-7-12-5-19-12)3-11(2-9)15(18)22-8-13-6-20-13/h1-4,12-13H,5-8H2/t12-,13?/m1/s1. The van der Waals surface area contributed by atoms with E-state index in [2.05, 4.69) is 0 Å². The van der Waals surface area contributed by atoms with Gasteiger partial charge in [-0.3, -0.25) is 4.79 Å². The molecule has 0 bridgehead atoms. The van der Waals surface area contributed by atoms with Gasteiger partial charge in [0.1, 0.15) is 31.7 Å². The van der Waals surface area contributed by atoms with Crippen LogP contribution in [0.5, 0.6) is 0 Å². The molecule has 2 aliphatic rings. The Bertz CT molecular complexity index is 556. The molecule has 0 spiro atoms. The van der Waals surface area contributed by atoms with E-state index in [0.29, 0.717) is 19.5 Å². The highest BCUT2D eigenvalue weighted by atomic mass is 16.6. The van der Waals surface area contributed by atoms with Gasteiger partial charge in [-0.25, -0.2) is 9.59 Å². The minimum atomic E-state index is -0.612. The second-order valence-corrected chi connectivity index (χ2v) is 5.07. The molecule has 0 aliphatic carbocycles. The molecule has 2 saturated heterocycles. The zero-order valence-electron chi connectivity index (χ0n) is 11.7. The third-order valence-electron chi connectivity index (χ3n) is 3.17. The van der Waals surface area contributed by atoms with Crippen molar-refractivity contribution in [2.75, 3.05) is 26.4 Å². The second kappa shape index (κ2) is 6.25. The topological polar surface area (TPSA) is 94.7 Å². The first-order chi connectivity index (χ1) is 10.7. The van der Waals surface area contributed by atoms with Crippen LogP contribution in [0.15, 0.2) is 18.2 Å². The van der Waals surface area contributed by atoms with Crippen LogP contribution in [0.1, 0.15) is 31.1 Å². The number of aldehydes is 1. The molecule has 2 atom stereocenters. The Morgan fingerprint density at radius 2 is 1.45 bits per heavy atom. The Labute approximate surface area is 126 Å². The molecule has 1 aromatic carbocycles. The minimum absolute atomic E-state index is 0.0545. The number of epoxide rings is 2. The van der Waals surface area contributed by atoms with Crippen molar-refractivity contribution in [1.82, 2.24) is 0 Å². The molecule has 0 saturated carbocycles. The molecule has 116 valence electrons. The molecule has 0 N–H and O–H groups in total.